The van der Waals surface area contributed by atoms with Gasteiger partial charge in [-0.2, -0.15) is 0 Å². The van der Waals surface area contributed by atoms with Gasteiger partial charge in [-0.25, -0.2) is 14.8 Å². The van der Waals surface area contributed by atoms with E-state index in [1.165, 1.54) is 5.01 Å². The zero-order chi connectivity index (χ0) is 12.5. The number of nitrogens with zero attached hydrogens (tertiary/aromatic N) is 2. The molecule has 16 heavy (non-hydrogen) atoms. The van der Waals surface area contributed by atoms with Crippen molar-refractivity contribution in [2.24, 2.45) is 0 Å². The quantitative estimate of drug-likeness (QED) is 0.745. The molecule has 0 saturated carbocycles. The predicted octanol–water partition coefficient (Wildman–Crippen LogP) is 1.23. The molecule has 6 nitrogen and oxygen atoms in total. The van der Waals surface area contributed by atoms with Crippen molar-refractivity contribution >= 4 is 12.1 Å². The maximum Gasteiger partial charge on any atom is 0.422 e. The van der Waals surface area contributed by atoms with Crippen molar-refractivity contribution in [1.29, 1.82) is 0 Å². The number of hydrazine groups is 1. The summed E-state index contributed by atoms with van der Waals surface area (Å²) >= 11 is 0. The highest BCUT2D eigenvalue weighted by Gasteiger charge is 2.41. The molecule has 0 aromatic heterocycles. The van der Waals surface area contributed by atoms with Crippen LogP contribution in [-0.4, -0.2) is 50.4 Å². The smallest absolute Gasteiger partial charge is 0.422 e. The zero-order valence-electron chi connectivity index (χ0n) is 9.80. The summed E-state index contributed by atoms with van der Waals surface area (Å²) < 4.78 is 0. The molecular weight excluding hydrogens is 212 g/mol. The van der Waals surface area contributed by atoms with Crippen molar-refractivity contribution in [2.45, 2.75) is 45.2 Å². The Morgan fingerprint density at radius 2 is 1.88 bits per heavy atom. The molecule has 1 amide bonds. The van der Waals surface area contributed by atoms with Crippen LogP contribution in [-0.2, 0) is 4.79 Å². The molecule has 1 atom stereocenters. The summed E-state index contributed by atoms with van der Waals surface area (Å²) in [5.74, 6) is -0.965. The number of rotatable bonds is 2. The summed E-state index contributed by atoms with van der Waals surface area (Å²) in [6, 6.07) is -0.727. The van der Waals surface area contributed by atoms with Gasteiger partial charge in [-0.1, -0.05) is 0 Å². The lowest BCUT2D eigenvalue weighted by Crippen LogP contribution is -2.58. The number of aliphatic carboxylic acids is 1. The lowest BCUT2D eigenvalue weighted by atomic mass is 10.1. The van der Waals surface area contributed by atoms with Crippen LogP contribution in [0, 0.1) is 0 Å². The van der Waals surface area contributed by atoms with E-state index in [1.54, 1.807) is 20.8 Å². The first-order valence-electron chi connectivity index (χ1n) is 5.27. The van der Waals surface area contributed by atoms with Crippen LogP contribution in [0.2, 0.25) is 0 Å². The van der Waals surface area contributed by atoms with E-state index in [0.29, 0.717) is 19.4 Å². The molecule has 0 radical (unpaired) electrons. The van der Waals surface area contributed by atoms with Gasteiger partial charge in [-0.15, -0.1) is 0 Å². The zero-order valence-corrected chi connectivity index (χ0v) is 9.80. The van der Waals surface area contributed by atoms with Gasteiger partial charge in [-0.3, -0.25) is 4.79 Å². The molecule has 1 aliphatic rings. The standard InChI is InChI=1S/C10H18N2O4/c1-10(2,3)12(9(15)16)11-6-4-5-7(11)8(13)14/h7H,4-6H2,1-3H3,(H,13,14)(H,15,16)/t7-/m0/s1. The number of amides is 1. The first kappa shape index (κ1) is 12.8. The molecule has 0 aromatic rings. The fraction of sp³-hybridized carbons (Fsp3) is 0.800. The van der Waals surface area contributed by atoms with E-state index in [1.807, 2.05) is 0 Å². The molecule has 1 heterocycles. The third-order valence-corrected chi connectivity index (χ3v) is 2.58. The molecule has 0 spiro atoms. The monoisotopic (exact) mass is 230 g/mol. The predicted molar refractivity (Wildman–Crippen MR) is 57.0 cm³/mol. The summed E-state index contributed by atoms with van der Waals surface area (Å²) in [5, 5.41) is 20.7. The van der Waals surface area contributed by atoms with E-state index >= 15 is 0 Å². The van der Waals surface area contributed by atoms with E-state index in [9.17, 15) is 9.59 Å². The van der Waals surface area contributed by atoms with Gasteiger partial charge in [0.2, 0.25) is 0 Å². The van der Waals surface area contributed by atoms with Gasteiger partial charge < -0.3 is 10.2 Å². The summed E-state index contributed by atoms with van der Waals surface area (Å²) in [6.07, 6.45) is 0.0899. The summed E-state index contributed by atoms with van der Waals surface area (Å²) in [5.41, 5.74) is -0.635. The average Bonchev–Trinajstić information content (AvgIpc) is 2.48. The average molecular weight is 230 g/mol. The number of hydrogen-bond donors (Lipinski definition) is 2. The summed E-state index contributed by atoms with van der Waals surface area (Å²) in [7, 11) is 0. The molecule has 0 aliphatic carbocycles. The van der Waals surface area contributed by atoms with Crippen molar-refractivity contribution < 1.29 is 19.8 Å². The largest absolute Gasteiger partial charge is 0.480 e. The van der Waals surface area contributed by atoms with Crippen molar-refractivity contribution in [1.82, 2.24) is 10.0 Å². The summed E-state index contributed by atoms with van der Waals surface area (Å²) in [6.45, 7) is 5.72. The summed E-state index contributed by atoms with van der Waals surface area (Å²) in [4.78, 5) is 22.2. The Kier molecular flexibility index (Phi) is 3.42. The Morgan fingerprint density at radius 3 is 2.25 bits per heavy atom. The van der Waals surface area contributed by atoms with E-state index in [2.05, 4.69) is 0 Å². The molecular formula is C10H18N2O4. The Balaban J connectivity index is 2.95. The molecule has 6 heteroatoms. The van der Waals surface area contributed by atoms with Gasteiger partial charge in [-0.05, 0) is 33.6 Å². The van der Waals surface area contributed by atoms with Crippen LogP contribution >= 0.6 is 0 Å². The Bertz CT molecular complexity index is 298. The maximum absolute atomic E-state index is 11.2. The Morgan fingerprint density at radius 1 is 1.31 bits per heavy atom. The van der Waals surface area contributed by atoms with Gasteiger partial charge in [0.15, 0.2) is 0 Å². The van der Waals surface area contributed by atoms with Crippen LogP contribution in [0.3, 0.4) is 0 Å². The normalized spacial score (nSPS) is 22.1. The SMILES string of the molecule is CC(C)(C)N(C(=O)O)N1CCC[C@H]1C(=O)O. The van der Waals surface area contributed by atoms with Crippen molar-refractivity contribution in [3.63, 3.8) is 0 Å². The Labute approximate surface area is 94.4 Å². The second kappa shape index (κ2) is 4.29. The molecule has 1 fully saturated rings. The fourth-order valence-corrected chi connectivity index (χ4v) is 2.02. The molecule has 1 aliphatic heterocycles. The van der Waals surface area contributed by atoms with E-state index in [4.69, 9.17) is 10.2 Å². The van der Waals surface area contributed by atoms with Crippen LogP contribution in [0.15, 0.2) is 0 Å². The van der Waals surface area contributed by atoms with Crippen LogP contribution in [0.25, 0.3) is 0 Å². The minimum Gasteiger partial charge on any atom is -0.480 e. The minimum absolute atomic E-state index is 0.473. The van der Waals surface area contributed by atoms with Crippen LogP contribution in [0.4, 0.5) is 4.79 Å². The highest BCUT2D eigenvalue weighted by Crippen LogP contribution is 2.25. The van der Waals surface area contributed by atoms with E-state index in [-0.39, 0.29) is 0 Å². The number of hydrogen-bond acceptors (Lipinski definition) is 3. The van der Waals surface area contributed by atoms with Crippen LogP contribution in [0.5, 0.6) is 0 Å². The first-order valence-corrected chi connectivity index (χ1v) is 5.27. The molecule has 0 unspecified atom stereocenters. The van der Waals surface area contributed by atoms with Gasteiger partial charge in [0.1, 0.15) is 6.04 Å². The van der Waals surface area contributed by atoms with Gasteiger partial charge >= 0.3 is 12.1 Å². The first-order chi connectivity index (χ1) is 7.25. The highest BCUT2D eigenvalue weighted by atomic mass is 16.4. The number of carbonyl (C=O) groups is 2. The minimum atomic E-state index is -1.11. The highest BCUT2D eigenvalue weighted by molar-refractivity contribution is 5.74. The van der Waals surface area contributed by atoms with Crippen molar-refractivity contribution in [2.75, 3.05) is 6.54 Å². The third kappa shape index (κ3) is 2.44. The molecule has 1 rings (SSSR count). The molecule has 2 N–H and O–H groups in total. The van der Waals surface area contributed by atoms with Crippen LogP contribution < -0.4 is 0 Å². The van der Waals surface area contributed by atoms with E-state index in [0.717, 1.165) is 5.01 Å². The molecule has 0 aromatic carbocycles. The van der Waals surface area contributed by atoms with Crippen molar-refractivity contribution in [3.05, 3.63) is 0 Å². The van der Waals surface area contributed by atoms with Crippen LogP contribution in [0.1, 0.15) is 33.6 Å². The number of carboxylic acids is 1. The fourth-order valence-electron chi connectivity index (χ4n) is 2.02. The Hall–Kier alpha value is -1.30. The third-order valence-electron chi connectivity index (χ3n) is 2.58. The lowest BCUT2D eigenvalue weighted by molar-refractivity contribution is -0.152. The van der Waals surface area contributed by atoms with Gasteiger partial charge in [0.25, 0.3) is 0 Å². The van der Waals surface area contributed by atoms with Crippen molar-refractivity contribution in [3.8, 4) is 0 Å². The molecule has 92 valence electrons. The van der Waals surface area contributed by atoms with Gasteiger partial charge in [0.05, 0.1) is 5.54 Å². The second-order valence-electron chi connectivity index (χ2n) is 4.92. The topological polar surface area (TPSA) is 81.1 Å². The molecule has 1 saturated heterocycles. The maximum atomic E-state index is 11.2. The van der Waals surface area contributed by atoms with Gasteiger partial charge in [0, 0.05) is 6.54 Å². The molecule has 0 bridgehead atoms. The second-order valence-corrected chi connectivity index (χ2v) is 4.92. The lowest BCUT2D eigenvalue weighted by Gasteiger charge is -2.41. The number of carboxylic acid groups (broad SMARTS) is 2. The van der Waals surface area contributed by atoms with E-state index < -0.39 is 23.6 Å².